The quantitative estimate of drug-likeness (QED) is 0.732. The van der Waals surface area contributed by atoms with Crippen LogP contribution in [0, 0.1) is 5.82 Å². The van der Waals surface area contributed by atoms with E-state index in [0.717, 1.165) is 5.82 Å². The third kappa shape index (κ3) is 4.21. The molecule has 1 aliphatic heterocycles. The molecule has 1 aromatic carbocycles. The number of rotatable bonds is 5. The highest BCUT2D eigenvalue weighted by atomic mass is 19.1. The predicted molar refractivity (Wildman–Crippen MR) is 109 cm³/mol. The molecular formula is C20H27FN6O. The summed E-state index contributed by atoms with van der Waals surface area (Å²) >= 11 is 0. The van der Waals surface area contributed by atoms with Gasteiger partial charge in [0, 0.05) is 51.8 Å². The lowest BCUT2D eigenvalue weighted by atomic mass is 10.1. The molecule has 0 unspecified atom stereocenters. The van der Waals surface area contributed by atoms with E-state index in [1.165, 1.54) is 13.0 Å². The summed E-state index contributed by atoms with van der Waals surface area (Å²) < 4.78 is 14.5. The Bertz CT molecular complexity index is 836. The van der Waals surface area contributed by atoms with Crippen molar-refractivity contribution in [3.8, 4) is 0 Å². The van der Waals surface area contributed by atoms with E-state index in [1.54, 1.807) is 12.1 Å². The molecule has 2 aromatic rings. The molecule has 0 saturated carbocycles. The Morgan fingerprint density at radius 2 is 1.71 bits per heavy atom. The summed E-state index contributed by atoms with van der Waals surface area (Å²) in [5.41, 5.74) is 0.916. The molecule has 0 atom stereocenters. The van der Waals surface area contributed by atoms with E-state index in [0.29, 0.717) is 49.3 Å². The Hall–Kier alpha value is -2.77. The SMILES string of the molecule is CC(=O)c1ccc(N2CCN(c3nc(C(C)C)nc(N(C)C)n3)CC2)c(F)c1. The van der Waals surface area contributed by atoms with Crippen molar-refractivity contribution in [3.05, 3.63) is 35.4 Å². The fourth-order valence-electron chi connectivity index (χ4n) is 3.10. The van der Waals surface area contributed by atoms with Crippen LogP contribution in [0.1, 0.15) is 42.9 Å². The Morgan fingerprint density at radius 1 is 1.07 bits per heavy atom. The zero-order valence-corrected chi connectivity index (χ0v) is 17.1. The van der Waals surface area contributed by atoms with Gasteiger partial charge in [-0.1, -0.05) is 13.8 Å². The average Bonchev–Trinajstić information content (AvgIpc) is 2.67. The Morgan fingerprint density at radius 3 is 2.25 bits per heavy atom. The summed E-state index contributed by atoms with van der Waals surface area (Å²) in [5, 5.41) is 0. The zero-order valence-electron chi connectivity index (χ0n) is 17.1. The van der Waals surface area contributed by atoms with Crippen molar-refractivity contribution in [2.24, 2.45) is 0 Å². The van der Waals surface area contributed by atoms with Gasteiger partial charge in [0.05, 0.1) is 5.69 Å². The Balaban J connectivity index is 1.76. The maximum Gasteiger partial charge on any atom is 0.230 e. The normalized spacial score (nSPS) is 14.5. The lowest BCUT2D eigenvalue weighted by Gasteiger charge is -2.36. The van der Waals surface area contributed by atoms with E-state index < -0.39 is 0 Å². The van der Waals surface area contributed by atoms with Crippen LogP contribution >= 0.6 is 0 Å². The van der Waals surface area contributed by atoms with Crippen LogP contribution in [-0.2, 0) is 0 Å². The second-order valence-corrected chi connectivity index (χ2v) is 7.54. The molecule has 28 heavy (non-hydrogen) atoms. The van der Waals surface area contributed by atoms with Crippen molar-refractivity contribution in [1.29, 1.82) is 0 Å². The second kappa shape index (κ2) is 8.08. The fraction of sp³-hybridized carbons (Fsp3) is 0.500. The van der Waals surface area contributed by atoms with Gasteiger partial charge in [0.1, 0.15) is 11.6 Å². The number of aromatic nitrogens is 3. The van der Waals surface area contributed by atoms with E-state index in [9.17, 15) is 9.18 Å². The number of Topliss-reactive ketones (excluding diaryl/α,β-unsaturated/α-hetero) is 1. The molecule has 0 radical (unpaired) electrons. The molecule has 0 N–H and O–H groups in total. The standard InChI is InChI=1S/C20H27FN6O/c1-13(2)18-22-19(25(4)5)24-20(23-18)27-10-8-26(9-11-27)17-7-6-15(14(3)28)12-16(17)21/h6-7,12-13H,8-11H2,1-5H3. The fourth-order valence-corrected chi connectivity index (χ4v) is 3.10. The van der Waals surface area contributed by atoms with Crippen LogP contribution in [0.4, 0.5) is 22.0 Å². The van der Waals surface area contributed by atoms with E-state index >= 15 is 0 Å². The molecule has 150 valence electrons. The van der Waals surface area contributed by atoms with E-state index in [1.807, 2.05) is 23.9 Å². The summed E-state index contributed by atoms with van der Waals surface area (Å²) in [6.07, 6.45) is 0. The monoisotopic (exact) mass is 386 g/mol. The first kappa shape index (κ1) is 20.0. The summed E-state index contributed by atoms with van der Waals surface area (Å²) in [6, 6.07) is 4.68. The van der Waals surface area contributed by atoms with E-state index in [4.69, 9.17) is 0 Å². The number of piperazine rings is 1. The molecular weight excluding hydrogens is 359 g/mol. The van der Waals surface area contributed by atoms with Crippen molar-refractivity contribution in [2.75, 3.05) is 55.0 Å². The van der Waals surface area contributed by atoms with Crippen LogP contribution in [0.5, 0.6) is 0 Å². The van der Waals surface area contributed by atoms with Crippen molar-refractivity contribution in [3.63, 3.8) is 0 Å². The molecule has 1 fully saturated rings. The molecule has 2 heterocycles. The second-order valence-electron chi connectivity index (χ2n) is 7.54. The number of benzene rings is 1. The first-order valence-electron chi connectivity index (χ1n) is 9.50. The van der Waals surface area contributed by atoms with Crippen LogP contribution in [0.25, 0.3) is 0 Å². The number of nitrogens with zero attached hydrogens (tertiary/aromatic N) is 6. The summed E-state index contributed by atoms with van der Waals surface area (Å²) in [7, 11) is 3.82. The van der Waals surface area contributed by atoms with E-state index in [-0.39, 0.29) is 17.5 Å². The maximum absolute atomic E-state index is 14.5. The largest absolute Gasteiger partial charge is 0.366 e. The van der Waals surface area contributed by atoms with E-state index in [2.05, 4.69) is 33.7 Å². The van der Waals surface area contributed by atoms with Gasteiger partial charge in [-0.05, 0) is 25.1 Å². The molecule has 1 aromatic heterocycles. The minimum absolute atomic E-state index is 0.136. The summed E-state index contributed by atoms with van der Waals surface area (Å²) in [4.78, 5) is 31.1. The topological polar surface area (TPSA) is 65.5 Å². The first-order valence-corrected chi connectivity index (χ1v) is 9.50. The minimum Gasteiger partial charge on any atom is -0.366 e. The van der Waals surface area contributed by atoms with Gasteiger partial charge in [-0.25, -0.2) is 4.39 Å². The molecule has 0 spiro atoms. The van der Waals surface area contributed by atoms with Gasteiger partial charge in [0.2, 0.25) is 11.9 Å². The van der Waals surface area contributed by atoms with Crippen LogP contribution in [0.2, 0.25) is 0 Å². The highest BCUT2D eigenvalue weighted by Gasteiger charge is 2.23. The Kier molecular flexibility index (Phi) is 5.76. The lowest BCUT2D eigenvalue weighted by Crippen LogP contribution is -2.47. The smallest absolute Gasteiger partial charge is 0.230 e. The molecule has 1 saturated heterocycles. The van der Waals surface area contributed by atoms with Gasteiger partial charge in [-0.2, -0.15) is 15.0 Å². The van der Waals surface area contributed by atoms with Crippen molar-refractivity contribution < 1.29 is 9.18 Å². The van der Waals surface area contributed by atoms with Crippen molar-refractivity contribution >= 4 is 23.4 Å². The summed E-state index contributed by atoms with van der Waals surface area (Å²) in [6.45, 7) is 8.22. The first-order chi connectivity index (χ1) is 13.3. The van der Waals surface area contributed by atoms with Crippen molar-refractivity contribution in [2.45, 2.75) is 26.7 Å². The predicted octanol–water partition coefficient (Wildman–Crippen LogP) is 2.73. The molecule has 0 bridgehead atoms. The number of carbonyl (C=O) groups excluding carboxylic acids is 1. The number of ketones is 1. The van der Waals surface area contributed by atoms with Crippen LogP contribution < -0.4 is 14.7 Å². The third-order valence-electron chi connectivity index (χ3n) is 4.80. The average molecular weight is 386 g/mol. The molecule has 3 rings (SSSR count). The molecule has 0 aliphatic carbocycles. The van der Waals surface area contributed by atoms with Gasteiger partial charge in [0.25, 0.3) is 0 Å². The molecule has 1 aliphatic rings. The number of hydrogen-bond donors (Lipinski definition) is 0. The highest BCUT2D eigenvalue weighted by Crippen LogP contribution is 2.24. The van der Waals surface area contributed by atoms with Gasteiger partial charge < -0.3 is 14.7 Å². The number of halogens is 1. The van der Waals surface area contributed by atoms with Crippen LogP contribution in [-0.4, -0.2) is 61.0 Å². The Labute approximate surface area is 165 Å². The van der Waals surface area contributed by atoms with Gasteiger partial charge in [-0.3, -0.25) is 4.79 Å². The lowest BCUT2D eigenvalue weighted by molar-refractivity contribution is 0.101. The molecule has 0 amide bonds. The molecule has 7 nitrogen and oxygen atoms in total. The maximum atomic E-state index is 14.5. The molecule has 8 heteroatoms. The zero-order chi connectivity index (χ0) is 20.4. The van der Waals surface area contributed by atoms with Crippen LogP contribution in [0.3, 0.4) is 0 Å². The van der Waals surface area contributed by atoms with Gasteiger partial charge >= 0.3 is 0 Å². The minimum atomic E-state index is -0.363. The summed E-state index contributed by atoms with van der Waals surface area (Å²) in [5.74, 6) is 1.77. The number of hydrogen-bond acceptors (Lipinski definition) is 7. The van der Waals surface area contributed by atoms with Gasteiger partial charge in [0.15, 0.2) is 5.78 Å². The highest BCUT2D eigenvalue weighted by molar-refractivity contribution is 5.94. The number of anilines is 3. The number of carbonyl (C=O) groups is 1. The van der Waals surface area contributed by atoms with Crippen LogP contribution in [0.15, 0.2) is 18.2 Å². The van der Waals surface area contributed by atoms with Gasteiger partial charge in [-0.15, -0.1) is 0 Å². The van der Waals surface area contributed by atoms with Crippen molar-refractivity contribution in [1.82, 2.24) is 15.0 Å². The third-order valence-corrected chi connectivity index (χ3v) is 4.80.